The van der Waals surface area contributed by atoms with Crippen molar-refractivity contribution in [2.75, 3.05) is 18.9 Å². The van der Waals surface area contributed by atoms with Crippen LogP contribution in [0.1, 0.15) is 26.7 Å². The first-order valence-electron chi connectivity index (χ1n) is 6.54. The van der Waals surface area contributed by atoms with Crippen molar-refractivity contribution in [2.24, 2.45) is 10.9 Å². The molecule has 0 aromatic rings. The second-order valence-corrected chi connectivity index (χ2v) is 5.72. The molecule has 0 radical (unpaired) electrons. The molecule has 1 saturated carbocycles. The highest BCUT2D eigenvalue weighted by molar-refractivity contribution is 8.13. The normalized spacial score (nSPS) is 33.5. The van der Waals surface area contributed by atoms with Gasteiger partial charge in [-0.15, -0.1) is 0 Å². The number of nitrogens with zero attached hydrogens (tertiary/aromatic N) is 1. The van der Waals surface area contributed by atoms with E-state index in [-0.39, 0.29) is 18.6 Å². The molecule has 18 heavy (non-hydrogen) atoms. The molecule has 1 rings (SSSR count). The van der Waals surface area contributed by atoms with Gasteiger partial charge in [0, 0.05) is 19.1 Å². The molecule has 0 saturated heterocycles. The first kappa shape index (κ1) is 15.8. The van der Waals surface area contributed by atoms with Crippen LogP contribution in [0.5, 0.6) is 0 Å². The standard InChI is InChI=1S/C12H24N2O3S/c1-3-13-12(18-4-2)14-9-6-5-8(7-15)10(16)11(9)17/h8-11,15-17H,3-7H2,1-2H3,(H,13,14). The lowest BCUT2D eigenvalue weighted by Gasteiger charge is -2.37. The Labute approximate surface area is 113 Å². The Kier molecular flexibility index (Phi) is 6.99. The molecule has 0 aromatic heterocycles. The molecule has 1 aliphatic carbocycles. The Morgan fingerprint density at radius 3 is 2.56 bits per heavy atom. The molecular weight excluding hydrogens is 252 g/mol. The van der Waals surface area contributed by atoms with Gasteiger partial charge in [0.15, 0.2) is 5.17 Å². The Hall–Kier alpha value is -0.300. The molecule has 0 aliphatic heterocycles. The van der Waals surface area contributed by atoms with E-state index in [1.165, 1.54) is 0 Å². The molecule has 1 aliphatic rings. The Bertz CT molecular complexity index is 276. The van der Waals surface area contributed by atoms with Gasteiger partial charge in [0.05, 0.1) is 12.1 Å². The number of thioether (sulfide) groups is 1. The fourth-order valence-electron chi connectivity index (χ4n) is 2.18. The van der Waals surface area contributed by atoms with Crippen molar-refractivity contribution in [3.05, 3.63) is 0 Å². The highest BCUT2D eigenvalue weighted by Crippen LogP contribution is 2.25. The third-order valence-electron chi connectivity index (χ3n) is 3.22. The van der Waals surface area contributed by atoms with Crippen LogP contribution >= 0.6 is 11.8 Å². The summed E-state index contributed by atoms with van der Waals surface area (Å²) >= 11 is 1.60. The molecule has 4 N–H and O–H groups in total. The van der Waals surface area contributed by atoms with Crippen molar-refractivity contribution in [1.29, 1.82) is 0 Å². The molecule has 0 heterocycles. The second kappa shape index (κ2) is 7.99. The van der Waals surface area contributed by atoms with Crippen molar-refractivity contribution in [2.45, 2.75) is 44.9 Å². The molecule has 106 valence electrons. The average molecular weight is 276 g/mol. The van der Waals surface area contributed by atoms with Gasteiger partial charge in [-0.1, -0.05) is 18.7 Å². The van der Waals surface area contributed by atoms with Gasteiger partial charge in [-0.25, -0.2) is 0 Å². The summed E-state index contributed by atoms with van der Waals surface area (Å²) in [7, 11) is 0. The van der Waals surface area contributed by atoms with E-state index in [2.05, 4.69) is 10.3 Å². The van der Waals surface area contributed by atoms with Gasteiger partial charge < -0.3 is 20.6 Å². The van der Waals surface area contributed by atoms with Gasteiger partial charge in [-0.3, -0.25) is 4.99 Å². The number of hydrogen-bond acceptors (Lipinski definition) is 5. The van der Waals surface area contributed by atoms with E-state index < -0.39 is 12.2 Å². The predicted molar refractivity (Wildman–Crippen MR) is 74.9 cm³/mol. The Balaban J connectivity index is 2.59. The number of amidine groups is 1. The van der Waals surface area contributed by atoms with E-state index in [0.717, 1.165) is 17.3 Å². The quantitative estimate of drug-likeness (QED) is 0.435. The third-order valence-corrected chi connectivity index (χ3v) is 4.03. The van der Waals surface area contributed by atoms with Crippen molar-refractivity contribution >= 4 is 16.9 Å². The lowest BCUT2D eigenvalue weighted by molar-refractivity contribution is -0.0713. The van der Waals surface area contributed by atoms with Gasteiger partial charge in [0.2, 0.25) is 0 Å². The van der Waals surface area contributed by atoms with Crippen LogP contribution in [0, 0.1) is 5.92 Å². The number of aliphatic hydroxyl groups is 3. The summed E-state index contributed by atoms with van der Waals surface area (Å²) in [5, 5.41) is 33.0. The Morgan fingerprint density at radius 2 is 2.00 bits per heavy atom. The van der Waals surface area contributed by atoms with Gasteiger partial charge in [0.1, 0.15) is 6.10 Å². The van der Waals surface area contributed by atoms with Crippen molar-refractivity contribution in [3.8, 4) is 0 Å². The van der Waals surface area contributed by atoms with Crippen LogP contribution in [0.4, 0.5) is 0 Å². The molecule has 1 fully saturated rings. The largest absolute Gasteiger partial charge is 0.396 e. The van der Waals surface area contributed by atoms with E-state index in [1.807, 2.05) is 13.8 Å². The van der Waals surface area contributed by atoms with Gasteiger partial charge in [-0.2, -0.15) is 0 Å². The van der Waals surface area contributed by atoms with E-state index in [4.69, 9.17) is 5.11 Å². The smallest absolute Gasteiger partial charge is 0.156 e. The van der Waals surface area contributed by atoms with Crippen molar-refractivity contribution in [1.82, 2.24) is 5.32 Å². The minimum atomic E-state index is -0.865. The number of nitrogens with one attached hydrogen (secondary N) is 1. The Morgan fingerprint density at radius 1 is 1.28 bits per heavy atom. The van der Waals surface area contributed by atoms with Crippen LogP contribution < -0.4 is 5.32 Å². The zero-order valence-electron chi connectivity index (χ0n) is 11.0. The summed E-state index contributed by atoms with van der Waals surface area (Å²) in [5.41, 5.74) is 0. The summed E-state index contributed by atoms with van der Waals surface area (Å²) in [6, 6.07) is -0.188. The highest BCUT2D eigenvalue weighted by atomic mass is 32.2. The van der Waals surface area contributed by atoms with Crippen molar-refractivity contribution < 1.29 is 15.3 Å². The van der Waals surface area contributed by atoms with E-state index >= 15 is 0 Å². The molecule has 6 heteroatoms. The van der Waals surface area contributed by atoms with E-state index in [9.17, 15) is 10.2 Å². The lowest BCUT2D eigenvalue weighted by atomic mass is 9.82. The highest BCUT2D eigenvalue weighted by Gasteiger charge is 2.37. The number of hydrogen-bond donors (Lipinski definition) is 4. The number of aliphatic imine (C=N–C) groups is 1. The third kappa shape index (κ3) is 4.12. The maximum absolute atomic E-state index is 10.0. The molecule has 4 atom stereocenters. The minimum absolute atomic E-state index is 0.0788. The van der Waals surface area contributed by atoms with E-state index in [0.29, 0.717) is 13.0 Å². The van der Waals surface area contributed by atoms with E-state index in [1.54, 1.807) is 11.8 Å². The SMILES string of the molecule is CCN=C(NC1CCC(CO)C(O)C1O)SCC. The van der Waals surface area contributed by atoms with Crippen LogP contribution in [-0.2, 0) is 0 Å². The molecule has 0 spiro atoms. The first-order chi connectivity index (χ1) is 8.63. The molecule has 0 aromatic carbocycles. The van der Waals surface area contributed by atoms with Crippen molar-refractivity contribution in [3.63, 3.8) is 0 Å². The predicted octanol–water partition coefficient (Wildman–Crippen LogP) is 0.198. The summed E-state index contributed by atoms with van der Waals surface area (Å²) < 4.78 is 0. The maximum Gasteiger partial charge on any atom is 0.156 e. The number of aliphatic hydroxyl groups excluding tert-OH is 3. The maximum atomic E-state index is 10.0. The zero-order valence-corrected chi connectivity index (χ0v) is 11.9. The molecule has 0 bridgehead atoms. The van der Waals surface area contributed by atoms with Crippen LogP contribution in [0.25, 0.3) is 0 Å². The van der Waals surface area contributed by atoms with Gasteiger partial charge in [-0.05, 0) is 25.5 Å². The summed E-state index contributed by atoms with van der Waals surface area (Å²) in [4.78, 5) is 4.33. The fourth-order valence-corrected chi connectivity index (χ4v) is 2.91. The van der Waals surface area contributed by atoms with Gasteiger partial charge in [0.25, 0.3) is 0 Å². The lowest BCUT2D eigenvalue weighted by Crippen LogP contribution is -2.54. The minimum Gasteiger partial charge on any atom is -0.396 e. The van der Waals surface area contributed by atoms with Crippen LogP contribution in [0.2, 0.25) is 0 Å². The number of rotatable bonds is 4. The average Bonchev–Trinajstić information content (AvgIpc) is 2.36. The van der Waals surface area contributed by atoms with Crippen LogP contribution in [-0.4, -0.2) is 57.6 Å². The molecular formula is C12H24N2O3S. The van der Waals surface area contributed by atoms with Gasteiger partial charge >= 0.3 is 0 Å². The molecule has 0 amide bonds. The summed E-state index contributed by atoms with van der Waals surface area (Å²) in [6.07, 6.45) is -0.273. The second-order valence-electron chi connectivity index (χ2n) is 4.46. The fraction of sp³-hybridized carbons (Fsp3) is 0.917. The summed E-state index contributed by atoms with van der Waals surface area (Å²) in [6.45, 7) is 4.63. The zero-order chi connectivity index (χ0) is 13.5. The molecule has 4 unspecified atom stereocenters. The monoisotopic (exact) mass is 276 g/mol. The summed E-state index contributed by atoms with van der Waals surface area (Å²) in [5.74, 6) is 0.694. The molecule has 5 nitrogen and oxygen atoms in total. The first-order valence-corrected chi connectivity index (χ1v) is 7.53. The van der Waals surface area contributed by atoms with Crippen LogP contribution in [0.3, 0.4) is 0 Å². The van der Waals surface area contributed by atoms with Crippen LogP contribution in [0.15, 0.2) is 4.99 Å². The topological polar surface area (TPSA) is 85.1 Å².